The molecule has 1 aromatic heterocycles. The number of aromatic nitrogens is 2. The highest BCUT2D eigenvalue weighted by Crippen LogP contribution is 2.52. The molecule has 8 heteroatoms. The van der Waals surface area contributed by atoms with Crippen LogP contribution in [0.25, 0.3) is 0 Å². The van der Waals surface area contributed by atoms with Gasteiger partial charge in [-0.3, -0.25) is 9.48 Å². The molecule has 2 saturated carbocycles. The Bertz CT molecular complexity index is 603. The molecular formula is C15H25N5O2S. The predicted octanol–water partition coefficient (Wildman–Crippen LogP) is 0.722. The van der Waals surface area contributed by atoms with Crippen molar-refractivity contribution in [3.63, 3.8) is 0 Å². The normalized spacial score (nSPS) is 31.2. The summed E-state index contributed by atoms with van der Waals surface area (Å²) in [7, 11) is 3.46. The van der Waals surface area contributed by atoms with Gasteiger partial charge in [-0.1, -0.05) is 0 Å². The second kappa shape index (κ2) is 6.70. The van der Waals surface area contributed by atoms with Crippen LogP contribution in [0.3, 0.4) is 0 Å². The molecule has 3 rings (SSSR count). The molecule has 4 N–H and O–H groups in total. The molecule has 0 saturated heterocycles. The third-order valence-electron chi connectivity index (χ3n) is 5.46. The lowest BCUT2D eigenvalue weighted by atomic mass is 9.94. The number of nitrogen functional groups attached to an aromatic ring is 1. The highest BCUT2D eigenvalue weighted by Gasteiger charge is 2.43. The van der Waals surface area contributed by atoms with Crippen molar-refractivity contribution >= 4 is 23.3 Å². The summed E-state index contributed by atoms with van der Waals surface area (Å²) in [4.78, 5) is 11.3. The zero-order chi connectivity index (χ0) is 16.6. The van der Waals surface area contributed by atoms with E-state index < -0.39 is 11.2 Å². The van der Waals surface area contributed by atoms with Crippen molar-refractivity contribution in [1.29, 1.82) is 0 Å². The summed E-state index contributed by atoms with van der Waals surface area (Å²) in [6.07, 6.45) is 5.31. The molecule has 1 aromatic rings. The third-order valence-corrected chi connectivity index (χ3v) is 6.26. The Labute approximate surface area is 139 Å². The minimum absolute atomic E-state index is 0.342. The van der Waals surface area contributed by atoms with Crippen molar-refractivity contribution in [3.05, 3.63) is 11.3 Å². The molecule has 2 aliphatic carbocycles. The Balaban J connectivity index is 1.61. The average Bonchev–Trinajstić information content (AvgIpc) is 3.17. The molecule has 0 aliphatic heterocycles. The molecule has 0 spiro atoms. The number of carbonyl (C=O) groups is 1. The quantitative estimate of drug-likeness (QED) is 0.665. The Morgan fingerprint density at radius 3 is 2.57 bits per heavy atom. The SMILES string of the molecule is CNS(=O)NCC1CC2CC(c3nn(C)c(N)c3C=O)CC2C1. The van der Waals surface area contributed by atoms with Crippen LogP contribution >= 0.6 is 0 Å². The molecule has 23 heavy (non-hydrogen) atoms. The molecule has 128 valence electrons. The van der Waals surface area contributed by atoms with Crippen LogP contribution in [0, 0.1) is 17.8 Å². The fourth-order valence-electron chi connectivity index (χ4n) is 4.39. The van der Waals surface area contributed by atoms with E-state index in [1.807, 2.05) is 0 Å². The monoisotopic (exact) mass is 339 g/mol. The Kier molecular flexibility index (Phi) is 4.84. The first-order valence-electron chi connectivity index (χ1n) is 8.13. The van der Waals surface area contributed by atoms with Crippen LogP contribution in [-0.4, -0.2) is 33.9 Å². The highest BCUT2D eigenvalue weighted by atomic mass is 32.2. The van der Waals surface area contributed by atoms with Crippen molar-refractivity contribution in [3.8, 4) is 0 Å². The van der Waals surface area contributed by atoms with Crippen molar-refractivity contribution in [1.82, 2.24) is 19.2 Å². The maximum absolute atomic E-state index is 11.4. The number of anilines is 1. The van der Waals surface area contributed by atoms with Crippen molar-refractivity contribution < 1.29 is 9.00 Å². The summed E-state index contributed by atoms with van der Waals surface area (Å²) >= 11 is -1.14. The molecule has 2 fully saturated rings. The van der Waals surface area contributed by atoms with Gasteiger partial charge in [0.25, 0.3) is 0 Å². The Morgan fingerprint density at radius 1 is 1.35 bits per heavy atom. The fraction of sp³-hybridized carbons (Fsp3) is 0.733. The van der Waals surface area contributed by atoms with Gasteiger partial charge in [0.1, 0.15) is 5.82 Å². The minimum atomic E-state index is -1.14. The number of aryl methyl sites for hydroxylation is 1. The van der Waals surface area contributed by atoms with Crippen LogP contribution in [0.4, 0.5) is 5.82 Å². The molecule has 7 nitrogen and oxygen atoms in total. The summed E-state index contributed by atoms with van der Waals surface area (Å²) < 4.78 is 18.7. The average molecular weight is 339 g/mol. The van der Waals surface area contributed by atoms with E-state index in [1.165, 1.54) is 0 Å². The lowest BCUT2D eigenvalue weighted by Crippen LogP contribution is -2.31. The van der Waals surface area contributed by atoms with Gasteiger partial charge in [0.15, 0.2) is 17.5 Å². The van der Waals surface area contributed by atoms with E-state index in [0.29, 0.717) is 35.1 Å². The van der Waals surface area contributed by atoms with Crippen molar-refractivity contribution in [2.24, 2.45) is 24.8 Å². The van der Waals surface area contributed by atoms with Gasteiger partial charge in [0.05, 0.1) is 11.3 Å². The first-order valence-corrected chi connectivity index (χ1v) is 9.28. The first-order chi connectivity index (χ1) is 11.0. The number of rotatable bonds is 6. The number of nitrogens with one attached hydrogen (secondary N) is 2. The fourth-order valence-corrected chi connectivity index (χ4v) is 4.93. The van der Waals surface area contributed by atoms with E-state index in [9.17, 15) is 9.00 Å². The Morgan fingerprint density at radius 2 is 2.00 bits per heavy atom. The summed E-state index contributed by atoms with van der Waals surface area (Å²) in [5.74, 6) is 2.75. The van der Waals surface area contributed by atoms with Gasteiger partial charge in [0.2, 0.25) is 0 Å². The standard InChI is InChI=1S/C15H25N5O2S/c1-17-23(22)18-7-9-3-10-5-12(6-11(10)4-9)14-13(8-21)15(16)20(2)19-14/h8-12,17-18H,3-7,16H2,1-2H3. The van der Waals surface area contributed by atoms with Gasteiger partial charge in [-0.05, 0) is 50.5 Å². The molecule has 2 aliphatic rings. The number of nitrogens with two attached hydrogens (primary N) is 1. The van der Waals surface area contributed by atoms with E-state index in [1.54, 1.807) is 18.8 Å². The second-order valence-corrected chi connectivity index (χ2v) is 8.01. The maximum Gasteiger partial charge on any atom is 0.166 e. The van der Waals surface area contributed by atoms with E-state index in [0.717, 1.165) is 44.2 Å². The molecule has 1 heterocycles. The van der Waals surface area contributed by atoms with Crippen molar-refractivity contribution in [2.45, 2.75) is 31.6 Å². The van der Waals surface area contributed by atoms with Gasteiger partial charge in [-0.15, -0.1) is 0 Å². The van der Waals surface area contributed by atoms with Gasteiger partial charge >= 0.3 is 0 Å². The smallest absolute Gasteiger partial charge is 0.166 e. The molecule has 3 atom stereocenters. The van der Waals surface area contributed by atoms with E-state index >= 15 is 0 Å². The van der Waals surface area contributed by atoms with E-state index in [-0.39, 0.29) is 0 Å². The lowest BCUT2D eigenvalue weighted by molar-refractivity contribution is 0.112. The summed E-state index contributed by atoms with van der Waals surface area (Å²) in [6.45, 7) is 0.793. The number of hydrogen-bond donors (Lipinski definition) is 3. The van der Waals surface area contributed by atoms with Crippen LogP contribution in [0.2, 0.25) is 0 Å². The minimum Gasteiger partial charge on any atom is -0.383 e. The van der Waals surface area contributed by atoms with E-state index in [4.69, 9.17) is 5.73 Å². The number of hydrogen-bond acceptors (Lipinski definition) is 4. The number of aldehydes is 1. The van der Waals surface area contributed by atoms with Gasteiger partial charge < -0.3 is 5.73 Å². The molecule has 0 amide bonds. The maximum atomic E-state index is 11.4. The second-order valence-electron chi connectivity index (χ2n) is 6.77. The van der Waals surface area contributed by atoms with Crippen LogP contribution in [0.1, 0.15) is 47.7 Å². The van der Waals surface area contributed by atoms with Gasteiger partial charge in [-0.2, -0.15) is 5.10 Å². The van der Waals surface area contributed by atoms with Gasteiger partial charge in [0, 0.05) is 19.5 Å². The van der Waals surface area contributed by atoms with Crippen molar-refractivity contribution in [2.75, 3.05) is 19.3 Å². The van der Waals surface area contributed by atoms with E-state index in [2.05, 4.69) is 14.5 Å². The largest absolute Gasteiger partial charge is 0.383 e. The predicted molar refractivity (Wildman–Crippen MR) is 89.9 cm³/mol. The summed E-state index contributed by atoms with van der Waals surface area (Å²) in [5.41, 5.74) is 7.37. The van der Waals surface area contributed by atoms with Crippen LogP contribution in [0.5, 0.6) is 0 Å². The topological polar surface area (TPSA) is 102 Å². The molecule has 0 bridgehead atoms. The van der Waals surface area contributed by atoms with Gasteiger partial charge in [-0.25, -0.2) is 13.7 Å². The zero-order valence-electron chi connectivity index (χ0n) is 13.6. The lowest BCUT2D eigenvalue weighted by Gasteiger charge is -2.14. The highest BCUT2D eigenvalue weighted by molar-refractivity contribution is 7.80. The van der Waals surface area contributed by atoms with Crippen LogP contribution < -0.4 is 15.2 Å². The summed E-state index contributed by atoms with van der Waals surface area (Å²) in [6, 6.07) is 0. The van der Waals surface area contributed by atoms with Crippen LogP contribution in [-0.2, 0) is 18.2 Å². The zero-order valence-corrected chi connectivity index (χ0v) is 14.4. The molecular weight excluding hydrogens is 314 g/mol. The summed E-state index contributed by atoms with van der Waals surface area (Å²) in [5, 5.41) is 4.48. The number of nitrogens with zero attached hydrogens (tertiary/aromatic N) is 2. The first kappa shape index (κ1) is 16.6. The number of carbonyl (C=O) groups excluding carboxylic acids is 1. The Hall–Kier alpha value is -1.25. The van der Waals surface area contributed by atoms with Crippen LogP contribution in [0.15, 0.2) is 0 Å². The molecule has 0 radical (unpaired) electrons. The molecule has 3 unspecified atom stereocenters. The third kappa shape index (κ3) is 3.20. The number of fused-ring (bicyclic) bond motifs is 1. The molecule has 0 aromatic carbocycles.